The fourth-order valence-corrected chi connectivity index (χ4v) is 2.78. The predicted molar refractivity (Wildman–Crippen MR) is 116 cm³/mol. The summed E-state index contributed by atoms with van der Waals surface area (Å²) in [6, 6.07) is 8.74. The number of amides is 4. The second-order valence-electron chi connectivity index (χ2n) is 7.39. The van der Waals surface area contributed by atoms with Crippen LogP contribution in [-0.4, -0.2) is 40.8 Å². The van der Waals surface area contributed by atoms with Crippen molar-refractivity contribution < 1.29 is 14.4 Å². The van der Waals surface area contributed by atoms with Crippen LogP contribution in [0.5, 0.6) is 0 Å². The Labute approximate surface area is 181 Å². The zero-order valence-electron chi connectivity index (χ0n) is 17.8. The van der Waals surface area contributed by atoms with Crippen molar-refractivity contribution in [2.24, 2.45) is 5.92 Å². The predicted octanol–water partition coefficient (Wildman–Crippen LogP) is 2.49. The Morgan fingerprint density at radius 2 is 1.74 bits per heavy atom. The summed E-state index contributed by atoms with van der Waals surface area (Å²) in [4.78, 5) is 41.8. The van der Waals surface area contributed by atoms with E-state index < -0.39 is 17.9 Å². The lowest BCUT2D eigenvalue weighted by atomic mass is 10.0. The van der Waals surface area contributed by atoms with Gasteiger partial charge in [0.2, 0.25) is 0 Å². The molecule has 162 valence electrons. The van der Waals surface area contributed by atoms with E-state index in [0.29, 0.717) is 24.2 Å². The molecule has 0 fully saturated rings. The molecular weight excluding hydrogens is 396 g/mol. The first-order valence-corrected chi connectivity index (χ1v) is 9.82. The van der Waals surface area contributed by atoms with Gasteiger partial charge < -0.3 is 16.0 Å². The lowest BCUT2D eigenvalue weighted by Crippen LogP contribution is -2.46. The average molecular weight is 422 g/mol. The largest absolute Gasteiger partial charge is 0.340 e. The van der Waals surface area contributed by atoms with Gasteiger partial charge in [-0.3, -0.25) is 19.5 Å². The molecule has 0 saturated carbocycles. The van der Waals surface area contributed by atoms with Crippen LogP contribution in [0.15, 0.2) is 48.8 Å². The normalized spacial score (nSPS) is 11.2. The zero-order valence-corrected chi connectivity index (χ0v) is 17.8. The van der Waals surface area contributed by atoms with Crippen molar-refractivity contribution in [3.05, 3.63) is 59.9 Å². The number of carbonyl (C=O) groups excluding carboxylic acids is 3. The van der Waals surface area contributed by atoms with E-state index in [1.165, 1.54) is 7.05 Å². The first kappa shape index (κ1) is 23.3. The Morgan fingerprint density at radius 1 is 1.10 bits per heavy atom. The van der Waals surface area contributed by atoms with Gasteiger partial charge in [0.15, 0.2) is 6.19 Å². The maximum Gasteiger partial charge on any atom is 0.319 e. The third-order valence-corrected chi connectivity index (χ3v) is 4.40. The molecule has 3 N–H and O–H groups in total. The SMILES string of the molecule is CC(C)C[C@H](NC(=O)c1ccc(NC(=O)NCc2ccncc2)cc1)C(=O)N(C)C#N. The number of hydrogen-bond donors (Lipinski definition) is 3. The molecule has 1 atom stereocenters. The second-order valence-corrected chi connectivity index (χ2v) is 7.39. The molecule has 0 aliphatic carbocycles. The number of benzene rings is 1. The van der Waals surface area contributed by atoms with Crippen molar-refractivity contribution in [3.8, 4) is 6.19 Å². The Hall–Kier alpha value is -3.93. The number of nitriles is 1. The minimum atomic E-state index is -0.797. The summed E-state index contributed by atoms with van der Waals surface area (Å²) in [5.41, 5.74) is 1.77. The number of nitrogens with zero attached hydrogens (tertiary/aromatic N) is 3. The molecule has 4 amide bonds. The summed E-state index contributed by atoms with van der Waals surface area (Å²) in [5, 5.41) is 17.1. The third-order valence-electron chi connectivity index (χ3n) is 4.40. The highest BCUT2D eigenvalue weighted by molar-refractivity contribution is 5.98. The van der Waals surface area contributed by atoms with Crippen LogP contribution in [0, 0.1) is 17.4 Å². The van der Waals surface area contributed by atoms with Crippen LogP contribution in [0.4, 0.5) is 10.5 Å². The van der Waals surface area contributed by atoms with Crippen LogP contribution in [0.2, 0.25) is 0 Å². The third kappa shape index (κ3) is 7.44. The number of pyridine rings is 1. The lowest BCUT2D eigenvalue weighted by molar-refractivity contribution is -0.129. The summed E-state index contributed by atoms with van der Waals surface area (Å²) in [6.07, 6.45) is 5.47. The fourth-order valence-electron chi connectivity index (χ4n) is 2.78. The summed E-state index contributed by atoms with van der Waals surface area (Å²) in [6.45, 7) is 4.22. The van der Waals surface area contributed by atoms with Gasteiger partial charge in [-0.25, -0.2) is 4.79 Å². The van der Waals surface area contributed by atoms with Crippen molar-refractivity contribution in [2.75, 3.05) is 12.4 Å². The molecule has 0 aliphatic rings. The van der Waals surface area contributed by atoms with Crippen LogP contribution in [0.3, 0.4) is 0 Å². The van der Waals surface area contributed by atoms with E-state index in [-0.39, 0.29) is 11.9 Å². The molecule has 0 aliphatic heterocycles. The highest BCUT2D eigenvalue weighted by Crippen LogP contribution is 2.12. The van der Waals surface area contributed by atoms with E-state index in [1.54, 1.807) is 55.0 Å². The Morgan fingerprint density at radius 3 is 2.32 bits per heavy atom. The standard InChI is InChI=1S/C22H26N6O3/c1-15(2)12-19(21(30)28(3)14-23)27-20(29)17-4-6-18(7-5-17)26-22(31)25-13-16-8-10-24-11-9-16/h4-11,15,19H,12-13H2,1-3H3,(H,27,29)(H2,25,26,31)/t19-/m0/s1. The van der Waals surface area contributed by atoms with E-state index in [2.05, 4.69) is 20.9 Å². The molecular formula is C22H26N6O3. The van der Waals surface area contributed by atoms with Crippen molar-refractivity contribution in [1.29, 1.82) is 5.26 Å². The highest BCUT2D eigenvalue weighted by atomic mass is 16.2. The summed E-state index contributed by atoms with van der Waals surface area (Å²) >= 11 is 0. The van der Waals surface area contributed by atoms with Crippen LogP contribution >= 0.6 is 0 Å². The fraction of sp³-hybridized carbons (Fsp3) is 0.318. The molecule has 9 heteroatoms. The Bertz CT molecular complexity index is 938. The van der Waals surface area contributed by atoms with Crippen molar-refractivity contribution in [2.45, 2.75) is 32.9 Å². The van der Waals surface area contributed by atoms with Crippen molar-refractivity contribution in [3.63, 3.8) is 0 Å². The van der Waals surface area contributed by atoms with Crippen LogP contribution < -0.4 is 16.0 Å². The molecule has 0 unspecified atom stereocenters. The van der Waals surface area contributed by atoms with Crippen molar-refractivity contribution >= 4 is 23.5 Å². The molecule has 0 spiro atoms. The number of carbonyl (C=O) groups is 3. The van der Waals surface area contributed by atoms with Gasteiger partial charge in [0.25, 0.3) is 11.8 Å². The molecule has 2 rings (SSSR count). The minimum Gasteiger partial charge on any atom is -0.340 e. The molecule has 0 radical (unpaired) electrons. The summed E-state index contributed by atoms with van der Waals surface area (Å²) in [5.74, 6) is -0.744. The monoisotopic (exact) mass is 422 g/mol. The number of urea groups is 1. The number of anilines is 1. The maximum atomic E-state index is 12.6. The first-order valence-electron chi connectivity index (χ1n) is 9.82. The number of hydrogen-bond acceptors (Lipinski definition) is 5. The summed E-state index contributed by atoms with van der Waals surface area (Å²) < 4.78 is 0. The summed E-state index contributed by atoms with van der Waals surface area (Å²) in [7, 11) is 1.36. The van der Waals surface area contributed by atoms with Gasteiger partial charge in [0, 0.05) is 37.2 Å². The number of aromatic nitrogens is 1. The molecule has 0 saturated heterocycles. The van der Waals surface area contributed by atoms with Gasteiger partial charge >= 0.3 is 6.03 Å². The smallest absolute Gasteiger partial charge is 0.319 e. The van der Waals surface area contributed by atoms with Gasteiger partial charge in [0.05, 0.1) is 0 Å². The molecule has 2 aromatic rings. The van der Waals surface area contributed by atoms with Gasteiger partial charge in [-0.05, 0) is 54.3 Å². The lowest BCUT2D eigenvalue weighted by Gasteiger charge is -2.21. The van der Waals surface area contributed by atoms with Crippen LogP contribution in [0.25, 0.3) is 0 Å². The van der Waals surface area contributed by atoms with E-state index in [0.717, 1.165) is 10.5 Å². The molecule has 9 nitrogen and oxygen atoms in total. The van der Waals surface area contributed by atoms with E-state index in [1.807, 2.05) is 13.8 Å². The minimum absolute atomic E-state index is 0.151. The van der Waals surface area contributed by atoms with Crippen LogP contribution in [-0.2, 0) is 11.3 Å². The van der Waals surface area contributed by atoms with E-state index >= 15 is 0 Å². The Balaban J connectivity index is 1.94. The topological polar surface area (TPSA) is 127 Å². The Kier molecular flexibility index (Phi) is 8.52. The van der Waals surface area contributed by atoms with E-state index in [4.69, 9.17) is 5.26 Å². The quantitative estimate of drug-likeness (QED) is 0.445. The van der Waals surface area contributed by atoms with Gasteiger partial charge in [0.1, 0.15) is 6.04 Å². The average Bonchev–Trinajstić information content (AvgIpc) is 2.77. The first-order chi connectivity index (χ1) is 14.8. The molecule has 1 aromatic heterocycles. The van der Waals surface area contributed by atoms with E-state index in [9.17, 15) is 14.4 Å². The molecule has 1 heterocycles. The number of likely N-dealkylation sites (N-methyl/N-ethyl adjacent to an activating group) is 1. The van der Waals surface area contributed by atoms with Crippen molar-refractivity contribution in [1.82, 2.24) is 20.5 Å². The number of rotatable bonds is 8. The molecule has 0 bridgehead atoms. The zero-order chi connectivity index (χ0) is 22.8. The van der Waals surface area contributed by atoms with Gasteiger partial charge in [-0.15, -0.1) is 0 Å². The maximum absolute atomic E-state index is 12.6. The van der Waals surface area contributed by atoms with Gasteiger partial charge in [-0.2, -0.15) is 5.26 Å². The second kappa shape index (κ2) is 11.3. The highest BCUT2D eigenvalue weighted by Gasteiger charge is 2.25. The molecule has 31 heavy (non-hydrogen) atoms. The molecule has 1 aromatic carbocycles. The van der Waals surface area contributed by atoms with Gasteiger partial charge in [-0.1, -0.05) is 13.8 Å². The van der Waals surface area contributed by atoms with Crippen LogP contribution in [0.1, 0.15) is 36.2 Å². The number of nitrogens with one attached hydrogen (secondary N) is 3.